The molecule has 1 aromatic heterocycles. The van der Waals surface area contributed by atoms with Gasteiger partial charge in [0.25, 0.3) is 5.91 Å². The molecule has 2 aromatic carbocycles. The summed E-state index contributed by atoms with van der Waals surface area (Å²) in [5.41, 5.74) is 0.803. The van der Waals surface area contributed by atoms with Gasteiger partial charge in [0.1, 0.15) is 17.3 Å². The first-order valence-corrected chi connectivity index (χ1v) is 7.85. The highest BCUT2D eigenvalue weighted by Crippen LogP contribution is 2.21. The highest BCUT2D eigenvalue weighted by molar-refractivity contribution is 14.1. The van der Waals surface area contributed by atoms with E-state index in [1.165, 1.54) is 41.1 Å². The third kappa shape index (κ3) is 3.25. The summed E-state index contributed by atoms with van der Waals surface area (Å²) in [6.45, 7) is 1.63. The first kappa shape index (κ1) is 16.4. The van der Waals surface area contributed by atoms with Crippen LogP contribution in [-0.4, -0.2) is 26.1 Å². The van der Waals surface area contributed by atoms with Gasteiger partial charge in [-0.05, 0) is 76.3 Å². The molecule has 0 aliphatic rings. The lowest BCUT2D eigenvalue weighted by Gasteiger charge is -2.10. The van der Waals surface area contributed by atoms with E-state index in [1.54, 1.807) is 6.92 Å². The van der Waals surface area contributed by atoms with Gasteiger partial charge in [0, 0.05) is 9.26 Å². The van der Waals surface area contributed by atoms with Crippen molar-refractivity contribution in [1.82, 2.24) is 20.2 Å². The van der Waals surface area contributed by atoms with Crippen LogP contribution in [0.4, 0.5) is 14.5 Å². The first-order chi connectivity index (χ1) is 11.5. The number of nitrogens with zero attached hydrogens (tertiary/aromatic N) is 4. The number of hydrogen-bond donors (Lipinski definition) is 1. The molecule has 0 saturated heterocycles. The van der Waals surface area contributed by atoms with Crippen LogP contribution in [0.25, 0.3) is 5.69 Å². The third-order valence-corrected chi connectivity index (χ3v) is 4.13. The van der Waals surface area contributed by atoms with Crippen molar-refractivity contribution in [3.63, 3.8) is 0 Å². The molecule has 0 aliphatic carbocycles. The van der Waals surface area contributed by atoms with E-state index in [0.717, 1.165) is 0 Å². The van der Waals surface area contributed by atoms with Gasteiger partial charge >= 0.3 is 0 Å². The predicted molar refractivity (Wildman–Crippen MR) is 90.9 cm³/mol. The van der Waals surface area contributed by atoms with Crippen LogP contribution in [0.15, 0.2) is 36.4 Å². The molecule has 0 fully saturated rings. The Morgan fingerprint density at radius 1 is 1.21 bits per heavy atom. The molecule has 0 bridgehead atoms. The summed E-state index contributed by atoms with van der Waals surface area (Å²) in [7, 11) is 0. The number of carbonyl (C=O) groups is 1. The molecule has 6 nitrogen and oxygen atoms in total. The minimum atomic E-state index is -0.528. The summed E-state index contributed by atoms with van der Waals surface area (Å²) >= 11 is 1.88. The van der Waals surface area contributed by atoms with Gasteiger partial charge < -0.3 is 5.32 Å². The molecule has 122 valence electrons. The minimum Gasteiger partial charge on any atom is -0.322 e. The predicted octanol–water partition coefficient (Wildman–Crippen LogP) is 3.11. The fourth-order valence-corrected chi connectivity index (χ4v) is 2.80. The van der Waals surface area contributed by atoms with Crippen molar-refractivity contribution < 1.29 is 13.6 Å². The molecule has 1 N–H and O–H groups in total. The Hall–Kier alpha value is -2.43. The Morgan fingerprint density at radius 3 is 2.67 bits per heavy atom. The number of aryl methyl sites for hydroxylation is 1. The highest BCUT2D eigenvalue weighted by Gasteiger charge is 2.14. The molecule has 0 radical (unpaired) electrons. The summed E-state index contributed by atoms with van der Waals surface area (Å²) in [6, 6.07) is 7.91. The number of anilines is 1. The number of rotatable bonds is 3. The normalized spacial score (nSPS) is 10.7. The van der Waals surface area contributed by atoms with Crippen molar-refractivity contribution in [2.75, 3.05) is 5.32 Å². The van der Waals surface area contributed by atoms with Gasteiger partial charge in [0.05, 0.1) is 5.56 Å². The standard InChI is InChI=1S/C15H10F2IN5O/c1-8-20-21-22-23(8)14-7-10(3-5-12(14)17)19-15(24)11-4-2-9(16)6-13(11)18/h2-7H,1H3,(H,19,24). The zero-order valence-electron chi connectivity index (χ0n) is 12.3. The van der Waals surface area contributed by atoms with Gasteiger partial charge in [-0.25, -0.2) is 8.78 Å². The van der Waals surface area contributed by atoms with Crippen LogP contribution in [0.2, 0.25) is 0 Å². The molecule has 3 aromatic rings. The first-order valence-electron chi connectivity index (χ1n) is 6.77. The number of nitrogens with one attached hydrogen (secondary N) is 1. The maximum absolute atomic E-state index is 14.0. The van der Waals surface area contributed by atoms with Crippen LogP contribution in [-0.2, 0) is 0 Å². The third-order valence-electron chi connectivity index (χ3n) is 3.23. The van der Waals surface area contributed by atoms with Gasteiger partial charge in [-0.15, -0.1) is 5.10 Å². The molecular weight excluding hydrogens is 431 g/mol. The molecule has 0 aliphatic heterocycles. The fraction of sp³-hybridized carbons (Fsp3) is 0.0667. The molecule has 0 atom stereocenters. The number of tetrazole rings is 1. The molecule has 0 unspecified atom stereocenters. The van der Waals surface area contributed by atoms with E-state index in [1.807, 2.05) is 22.6 Å². The SMILES string of the molecule is Cc1nnnn1-c1cc(NC(=O)c2ccc(F)cc2I)ccc1F. The van der Waals surface area contributed by atoms with Gasteiger partial charge in [-0.3, -0.25) is 4.79 Å². The van der Waals surface area contributed by atoms with Gasteiger partial charge in [0.15, 0.2) is 5.82 Å². The number of benzene rings is 2. The summed E-state index contributed by atoms with van der Waals surface area (Å²) < 4.78 is 28.8. The molecule has 0 saturated carbocycles. The maximum Gasteiger partial charge on any atom is 0.256 e. The molecular formula is C15H10F2IN5O. The van der Waals surface area contributed by atoms with E-state index < -0.39 is 17.5 Å². The second-order valence-electron chi connectivity index (χ2n) is 4.88. The molecule has 0 spiro atoms. The molecule has 24 heavy (non-hydrogen) atoms. The largest absolute Gasteiger partial charge is 0.322 e. The Labute approximate surface area is 149 Å². The summed E-state index contributed by atoms with van der Waals surface area (Å²) in [4.78, 5) is 12.3. The lowest BCUT2D eigenvalue weighted by Crippen LogP contribution is -2.14. The van der Waals surface area contributed by atoms with Gasteiger partial charge in [0.2, 0.25) is 0 Å². The maximum atomic E-state index is 14.0. The van der Waals surface area contributed by atoms with Gasteiger partial charge in [-0.1, -0.05) is 0 Å². The van der Waals surface area contributed by atoms with Crippen LogP contribution >= 0.6 is 22.6 Å². The number of halogens is 3. The molecule has 1 amide bonds. The van der Waals surface area contributed by atoms with E-state index in [-0.39, 0.29) is 5.69 Å². The summed E-state index contributed by atoms with van der Waals surface area (Å²) in [5.74, 6) is -0.968. The topological polar surface area (TPSA) is 72.7 Å². The minimum absolute atomic E-state index is 0.115. The van der Waals surface area contributed by atoms with Crippen LogP contribution in [0.3, 0.4) is 0 Å². The second kappa shape index (κ2) is 6.59. The zero-order valence-corrected chi connectivity index (χ0v) is 14.5. The van der Waals surface area contributed by atoms with E-state index in [9.17, 15) is 13.6 Å². The second-order valence-corrected chi connectivity index (χ2v) is 6.04. The molecule has 9 heteroatoms. The van der Waals surface area contributed by atoms with Crippen molar-refractivity contribution in [3.8, 4) is 5.69 Å². The Bertz CT molecular complexity index is 928. The number of aromatic nitrogens is 4. The van der Waals surface area contributed by atoms with E-state index in [2.05, 4.69) is 20.8 Å². The Balaban J connectivity index is 1.91. The van der Waals surface area contributed by atoms with Crippen LogP contribution < -0.4 is 5.32 Å². The van der Waals surface area contributed by atoms with Crippen molar-refractivity contribution in [1.29, 1.82) is 0 Å². The number of amides is 1. The summed E-state index contributed by atoms with van der Waals surface area (Å²) in [6.07, 6.45) is 0. The average Bonchev–Trinajstić information content (AvgIpc) is 2.95. The van der Waals surface area contributed by atoms with E-state index >= 15 is 0 Å². The van der Waals surface area contributed by atoms with Crippen molar-refractivity contribution in [2.24, 2.45) is 0 Å². The Kier molecular flexibility index (Phi) is 4.51. The number of carbonyl (C=O) groups excluding carboxylic acids is 1. The van der Waals surface area contributed by atoms with Crippen molar-refractivity contribution in [3.05, 3.63) is 63.0 Å². The average molecular weight is 441 g/mol. The highest BCUT2D eigenvalue weighted by atomic mass is 127. The quantitative estimate of drug-likeness (QED) is 0.635. The molecule has 1 heterocycles. The van der Waals surface area contributed by atoms with Crippen molar-refractivity contribution in [2.45, 2.75) is 6.92 Å². The lowest BCUT2D eigenvalue weighted by molar-refractivity contribution is 0.102. The number of hydrogen-bond acceptors (Lipinski definition) is 4. The van der Waals surface area contributed by atoms with Crippen LogP contribution in [0, 0.1) is 22.1 Å². The van der Waals surface area contributed by atoms with Crippen LogP contribution in [0.5, 0.6) is 0 Å². The lowest BCUT2D eigenvalue weighted by atomic mass is 10.2. The van der Waals surface area contributed by atoms with Crippen LogP contribution in [0.1, 0.15) is 16.2 Å². The Morgan fingerprint density at radius 2 is 2.00 bits per heavy atom. The summed E-state index contributed by atoms with van der Waals surface area (Å²) in [5, 5.41) is 13.5. The zero-order chi connectivity index (χ0) is 17.3. The smallest absolute Gasteiger partial charge is 0.256 e. The van der Waals surface area contributed by atoms with Gasteiger partial charge in [-0.2, -0.15) is 4.68 Å². The fourth-order valence-electron chi connectivity index (χ4n) is 2.08. The monoisotopic (exact) mass is 441 g/mol. The van der Waals surface area contributed by atoms with Crippen molar-refractivity contribution >= 4 is 34.2 Å². The van der Waals surface area contributed by atoms with E-state index in [4.69, 9.17) is 0 Å². The molecule has 3 rings (SSSR count). The van der Waals surface area contributed by atoms with E-state index in [0.29, 0.717) is 20.6 Å².